The number of hydrogen-bond donors (Lipinski definition) is 0. The second-order valence-electron chi connectivity index (χ2n) is 9.39. The van der Waals surface area contributed by atoms with Gasteiger partial charge in [0.25, 0.3) is 5.91 Å². The van der Waals surface area contributed by atoms with Crippen LogP contribution in [0.2, 0.25) is 5.02 Å². The fourth-order valence-electron chi connectivity index (χ4n) is 3.97. The Morgan fingerprint density at radius 3 is 2.31 bits per heavy atom. The van der Waals surface area contributed by atoms with Gasteiger partial charge in [-0.1, -0.05) is 55.8 Å². The van der Waals surface area contributed by atoms with Crippen molar-refractivity contribution in [2.45, 2.75) is 46.8 Å². The number of carbonyl (C=O) groups is 2. The molecule has 0 N–H and O–H groups in total. The standard InChI is InChI=1S/C28H33ClFN3O2/c1-20(2)16-32(18-23-11-9-15-31(23)17-22-10-5-7-13-25(22)29)27(34)19-33(21(3)4)28(35)24-12-6-8-14-26(24)30/h5-15,20-21H,16-19H2,1-4H3. The van der Waals surface area contributed by atoms with Gasteiger partial charge >= 0.3 is 0 Å². The molecule has 1 aromatic heterocycles. The molecule has 0 aliphatic carbocycles. The zero-order valence-corrected chi connectivity index (χ0v) is 21.5. The van der Waals surface area contributed by atoms with E-state index in [4.69, 9.17) is 11.6 Å². The van der Waals surface area contributed by atoms with E-state index in [2.05, 4.69) is 4.57 Å². The highest BCUT2D eigenvalue weighted by Crippen LogP contribution is 2.19. The molecule has 0 aliphatic rings. The lowest BCUT2D eigenvalue weighted by atomic mass is 10.1. The van der Waals surface area contributed by atoms with E-state index in [1.54, 1.807) is 17.0 Å². The molecule has 3 aromatic rings. The van der Waals surface area contributed by atoms with Crippen LogP contribution in [0.25, 0.3) is 0 Å². The van der Waals surface area contributed by atoms with Crippen molar-refractivity contribution in [1.82, 2.24) is 14.4 Å². The SMILES string of the molecule is CC(C)CN(Cc1cccn1Cc1ccccc1Cl)C(=O)CN(C(=O)c1ccccc1F)C(C)C. The van der Waals surface area contributed by atoms with Gasteiger partial charge in [-0.2, -0.15) is 0 Å². The fraction of sp³-hybridized carbons (Fsp3) is 0.357. The van der Waals surface area contributed by atoms with E-state index in [1.807, 2.05) is 70.3 Å². The minimum absolute atomic E-state index is 0.0296. The van der Waals surface area contributed by atoms with E-state index in [9.17, 15) is 14.0 Å². The van der Waals surface area contributed by atoms with Crippen molar-refractivity contribution >= 4 is 23.4 Å². The average molecular weight is 498 g/mol. The molecule has 0 spiro atoms. The van der Waals surface area contributed by atoms with Gasteiger partial charge in [-0.3, -0.25) is 9.59 Å². The Labute approximate surface area is 212 Å². The van der Waals surface area contributed by atoms with Crippen LogP contribution < -0.4 is 0 Å². The lowest BCUT2D eigenvalue weighted by molar-refractivity contribution is -0.133. The van der Waals surface area contributed by atoms with E-state index in [1.165, 1.54) is 17.0 Å². The zero-order chi connectivity index (χ0) is 25.5. The Balaban J connectivity index is 1.80. The molecule has 5 nitrogen and oxygen atoms in total. The Morgan fingerprint density at radius 2 is 1.66 bits per heavy atom. The highest BCUT2D eigenvalue weighted by Gasteiger charge is 2.27. The van der Waals surface area contributed by atoms with Crippen LogP contribution in [0.4, 0.5) is 4.39 Å². The van der Waals surface area contributed by atoms with Crippen LogP contribution >= 0.6 is 11.6 Å². The lowest BCUT2D eigenvalue weighted by Crippen LogP contribution is -2.46. The number of benzene rings is 2. The quantitative estimate of drug-likeness (QED) is 0.352. The summed E-state index contributed by atoms with van der Waals surface area (Å²) in [6, 6.07) is 17.2. The van der Waals surface area contributed by atoms with Crippen molar-refractivity contribution in [3.63, 3.8) is 0 Å². The average Bonchev–Trinajstić information content (AvgIpc) is 3.24. The number of rotatable bonds is 10. The van der Waals surface area contributed by atoms with Gasteiger partial charge in [-0.25, -0.2) is 4.39 Å². The topological polar surface area (TPSA) is 45.6 Å². The molecule has 0 atom stereocenters. The van der Waals surface area contributed by atoms with Crippen molar-refractivity contribution < 1.29 is 14.0 Å². The summed E-state index contributed by atoms with van der Waals surface area (Å²) in [7, 11) is 0. The second-order valence-corrected chi connectivity index (χ2v) is 9.80. The van der Waals surface area contributed by atoms with Gasteiger partial charge in [0.1, 0.15) is 12.4 Å². The van der Waals surface area contributed by atoms with Gasteiger partial charge in [-0.05, 0) is 55.7 Å². The summed E-state index contributed by atoms with van der Waals surface area (Å²) in [5, 5.41) is 0.696. The van der Waals surface area contributed by atoms with E-state index in [0.717, 1.165) is 11.3 Å². The van der Waals surface area contributed by atoms with Crippen LogP contribution in [-0.4, -0.2) is 45.3 Å². The molecule has 0 saturated carbocycles. The third-order valence-electron chi connectivity index (χ3n) is 5.81. The lowest BCUT2D eigenvalue weighted by Gasteiger charge is -2.31. The van der Waals surface area contributed by atoms with Crippen LogP contribution in [0.1, 0.15) is 49.3 Å². The van der Waals surface area contributed by atoms with Crippen molar-refractivity contribution in [2.75, 3.05) is 13.1 Å². The van der Waals surface area contributed by atoms with Crippen molar-refractivity contribution in [2.24, 2.45) is 5.92 Å². The number of aromatic nitrogens is 1. The molecule has 2 amide bonds. The first-order chi connectivity index (χ1) is 16.7. The molecule has 186 valence electrons. The van der Waals surface area contributed by atoms with Crippen LogP contribution in [0.15, 0.2) is 66.9 Å². The van der Waals surface area contributed by atoms with Crippen molar-refractivity contribution in [3.05, 3.63) is 94.5 Å². The third-order valence-corrected chi connectivity index (χ3v) is 6.18. The van der Waals surface area contributed by atoms with Crippen LogP contribution in [-0.2, 0) is 17.9 Å². The van der Waals surface area contributed by atoms with Crippen LogP contribution in [0.3, 0.4) is 0 Å². The summed E-state index contributed by atoms with van der Waals surface area (Å²) >= 11 is 6.35. The number of carbonyl (C=O) groups excluding carboxylic acids is 2. The maximum Gasteiger partial charge on any atom is 0.257 e. The summed E-state index contributed by atoms with van der Waals surface area (Å²) in [4.78, 5) is 29.8. The fourth-order valence-corrected chi connectivity index (χ4v) is 4.17. The van der Waals surface area contributed by atoms with Gasteiger partial charge in [0, 0.05) is 36.0 Å². The van der Waals surface area contributed by atoms with Crippen LogP contribution in [0, 0.1) is 11.7 Å². The van der Waals surface area contributed by atoms with E-state index in [0.29, 0.717) is 24.7 Å². The highest BCUT2D eigenvalue weighted by atomic mass is 35.5. The van der Waals surface area contributed by atoms with Gasteiger partial charge in [0.15, 0.2) is 0 Å². The number of amides is 2. The summed E-state index contributed by atoms with van der Waals surface area (Å²) in [5.74, 6) is -1.02. The van der Waals surface area contributed by atoms with Crippen molar-refractivity contribution in [3.8, 4) is 0 Å². The highest BCUT2D eigenvalue weighted by molar-refractivity contribution is 6.31. The van der Waals surface area contributed by atoms with Crippen LogP contribution in [0.5, 0.6) is 0 Å². The second kappa shape index (κ2) is 12.0. The molecular weight excluding hydrogens is 465 g/mol. The molecule has 0 aliphatic heterocycles. The molecule has 1 heterocycles. The molecule has 2 aromatic carbocycles. The summed E-state index contributed by atoms with van der Waals surface area (Å²) in [6.45, 7) is 9.16. The van der Waals surface area contributed by atoms with Gasteiger partial charge in [-0.15, -0.1) is 0 Å². The predicted molar refractivity (Wildman–Crippen MR) is 138 cm³/mol. The maximum absolute atomic E-state index is 14.3. The third kappa shape index (κ3) is 6.95. The van der Waals surface area contributed by atoms with Gasteiger partial charge in [0.2, 0.25) is 5.91 Å². The first-order valence-electron chi connectivity index (χ1n) is 11.9. The summed E-state index contributed by atoms with van der Waals surface area (Å²) in [5.41, 5.74) is 1.93. The molecule has 35 heavy (non-hydrogen) atoms. The first-order valence-corrected chi connectivity index (χ1v) is 12.3. The Kier molecular flexibility index (Phi) is 9.10. The number of halogens is 2. The maximum atomic E-state index is 14.3. The first kappa shape index (κ1) is 26.5. The molecule has 0 bridgehead atoms. The number of hydrogen-bond acceptors (Lipinski definition) is 2. The molecular formula is C28H33ClFN3O2. The molecule has 0 radical (unpaired) electrons. The normalized spacial score (nSPS) is 11.2. The molecule has 0 unspecified atom stereocenters. The Morgan fingerprint density at radius 1 is 0.971 bits per heavy atom. The van der Waals surface area contributed by atoms with E-state index in [-0.39, 0.29) is 30.0 Å². The zero-order valence-electron chi connectivity index (χ0n) is 20.7. The largest absolute Gasteiger partial charge is 0.345 e. The summed E-state index contributed by atoms with van der Waals surface area (Å²) in [6.07, 6.45) is 1.97. The number of nitrogens with zero attached hydrogens (tertiary/aromatic N) is 3. The Hall–Kier alpha value is -3.12. The monoisotopic (exact) mass is 497 g/mol. The van der Waals surface area contributed by atoms with E-state index >= 15 is 0 Å². The van der Waals surface area contributed by atoms with Gasteiger partial charge in [0.05, 0.1) is 12.1 Å². The van der Waals surface area contributed by atoms with E-state index < -0.39 is 11.7 Å². The molecule has 0 saturated heterocycles. The molecule has 3 rings (SSSR count). The summed E-state index contributed by atoms with van der Waals surface area (Å²) < 4.78 is 16.4. The smallest absolute Gasteiger partial charge is 0.257 e. The van der Waals surface area contributed by atoms with Gasteiger partial charge < -0.3 is 14.4 Å². The molecule has 0 fully saturated rings. The van der Waals surface area contributed by atoms with Crippen molar-refractivity contribution in [1.29, 1.82) is 0 Å². The minimum atomic E-state index is -0.591. The minimum Gasteiger partial charge on any atom is -0.345 e. The Bertz CT molecular complexity index is 1160. The molecule has 7 heteroatoms. The predicted octanol–water partition coefficient (Wildman–Crippen LogP) is 5.86.